The molecule has 0 saturated carbocycles. The number of fused-ring (bicyclic) bond motifs is 1. The Hall–Kier alpha value is -2.71. The smallest absolute Gasteiger partial charge is 0.266 e. The molecule has 2 heterocycles. The fourth-order valence-electron chi connectivity index (χ4n) is 2.78. The van der Waals surface area contributed by atoms with Crippen LogP contribution in [0.4, 0.5) is 5.69 Å². The zero-order chi connectivity index (χ0) is 19.4. The van der Waals surface area contributed by atoms with Crippen molar-refractivity contribution in [1.29, 1.82) is 0 Å². The third-order valence-electron chi connectivity index (χ3n) is 4.22. The fraction of sp³-hybridized carbons (Fsp3) is 0.316. The van der Waals surface area contributed by atoms with Crippen molar-refractivity contribution >= 4 is 33.1 Å². The molecule has 3 rings (SSSR count). The van der Waals surface area contributed by atoms with Crippen LogP contribution in [-0.2, 0) is 11.3 Å². The first-order valence-electron chi connectivity index (χ1n) is 8.48. The van der Waals surface area contributed by atoms with E-state index >= 15 is 0 Å². The molecule has 0 atom stereocenters. The van der Waals surface area contributed by atoms with Gasteiger partial charge in [-0.3, -0.25) is 14.2 Å². The van der Waals surface area contributed by atoms with Crippen LogP contribution in [0.25, 0.3) is 10.2 Å². The van der Waals surface area contributed by atoms with Gasteiger partial charge in [-0.05, 0) is 43.2 Å². The van der Waals surface area contributed by atoms with E-state index in [1.807, 2.05) is 0 Å². The summed E-state index contributed by atoms with van der Waals surface area (Å²) in [6.07, 6.45) is 2.25. The minimum absolute atomic E-state index is 0.131. The first-order chi connectivity index (χ1) is 13.0. The van der Waals surface area contributed by atoms with Crippen molar-refractivity contribution in [3.63, 3.8) is 0 Å². The second-order valence-electron chi connectivity index (χ2n) is 6.01. The van der Waals surface area contributed by atoms with Gasteiger partial charge in [-0.25, -0.2) is 4.98 Å². The molecule has 2 aromatic heterocycles. The summed E-state index contributed by atoms with van der Waals surface area (Å²) in [7, 11) is 3.21. The molecule has 1 amide bonds. The van der Waals surface area contributed by atoms with E-state index < -0.39 is 0 Å². The first-order valence-corrected chi connectivity index (χ1v) is 9.29. The molecule has 0 fully saturated rings. The Balaban J connectivity index is 1.88. The number of anilines is 1. The predicted octanol–water partition coefficient (Wildman–Crippen LogP) is 3.06. The lowest BCUT2D eigenvalue weighted by Gasteiger charge is -2.06. The number of carbonyl (C=O) groups excluding carboxylic acids is 1. The van der Waals surface area contributed by atoms with Crippen LogP contribution in [0.15, 0.2) is 35.4 Å². The number of nitrogens with one attached hydrogen (secondary N) is 1. The van der Waals surface area contributed by atoms with Gasteiger partial charge in [0.25, 0.3) is 11.5 Å². The van der Waals surface area contributed by atoms with Crippen molar-refractivity contribution < 1.29 is 14.3 Å². The van der Waals surface area contributed by atoms with Crippen LogP contribution in [0.3, 0.4) is 0 Å². The highest BCUT2D eigenvalue weighted by Gasteiger charge is 2.19. The van der Waals surface area contributed by atoms with Gasteiger partial charge >= 0.3 is 0 Å². The van der Waals surface area contributed by atoms with Crippen LogP contribution < -0.4 is 15.6 Å². The molecule has 142 valence electrons. The molecule has 0 unspecified atom stereocenters. The summed E-state index contributed by atoms with van der Waals surface area (Å²) in [6.45, 7) is 2.88. The minimum Gasteiger partial charge on any atom is -0.497 e. The Bertz CT molecular complexity index is 1010. The van der Waals surface area contributed by atoms with Crippen LogP contribution >= 0.6 is 11.3 Å². The summed E-state index contributed by atoms with van der Waals surface area (Å²) in [5.41, 5.74) is 1.18. The predicted molar refractivity (Wildman–Crippen MR) is 106 cm³/mol. The van der Waals surface area contributed by atoms with Crippen LogP contribution in [0, 0.1) is 6.92 Å². The fourth-order valence-corrected chi connectivity index (χ4v) is 3.81. The van der Waals surface area contributed by atoms with Gasteiger partial charge in [-0.15, -0.1) is 11.3 Å². The second kappa shape index (κ2) is 8.32. The molecule has 0 aliphatic carbocycles. The standard InChI is InChI=1S/C19H21N3O4S/c1-12-15-18(20-11-22(19(15)24)9-4-10-25-2)27-16(12)17(23)21-13-5-7-14(26-3)8-6-13/h5-8,11H,4,9-10H2,1-3H3,(H,21,23). The van der Waals surface area contributed by atoms with Crippen molar-refractivity contribution in [2.45, 2.75) is 19.9 Å². The Morgan fingerprint density at radius 2 is 2.00 bits per heavy atom. The van der Waals surface area contributed by atoms with E-state index in [0.29, 0.717) is 45.2 Å². The van der Waals surface area contributed by atoms with Gasteiger partial charge in [-0.2, -0.15) is 0 Å². The second-order valence-corrected chi connectivity index (χ2v) is 7.01. The highest BCUT2D eigenvalue weighted by Crippen LogP contribution is 2.28. The number of carbonyl (C=O) groups is 1. The number of amides is 1. The Morgan fingerprint density at radius 1 is 1.26 bits per heavy atom. The molecule has 3 aromatic rings. The number of hydrogen-bond acceptors (Lipinski definition) is 6. The molecule has 1 aromatic carbocycles. The molecule has 27 heavy (non-hydrogen) atoms. The molecule has 0 radical (unpaired) electrons. The summed E-state index contributed by atoms with van der Waals surface area (Å²) in [6, 6.07) is 7.07. The summed E-state index contributed by atoms with van der Waals surface area (Å²) < 4.78 is 11.7. The number of methoxy groups -OCH3 is 2. The molecular weight excluding hydrogens is 366 g/mol. The van der Waals surface area contributed by atoms with Crippen LogP contribution in [0.2, 0.25) is 0 Å². The lowest BCUT2D eigenvalue weighted by atomic mass is 10.2. The molecular formula is C19H21N3O4S. The van der Waals surface area contributed by atoms with Gasteiger partial charge in [0.05, 0.1) is 23.7 Å². The zero-order valence-corrected chi connectivity index (χ0v) is 16.3. The van der Waals surface area contributed by atoms with E-state index in [1.54, 1.807) is 50.0 Å². The summed E-state index contributed by atoms with van der Waals surface area (Å²) in [4.78, 5) is 30.8. The quantitative estimate of drug-likeness (QED) is 0.630. The Kier molecular flexibility index (Phi) is 5.88. The lowest BCUT2D eigenvalue weighted by molar-refractivity contribution is 0.103. The van der Waals surface area contributed by atoms with Crippen LogP contribution in [0.5, 0.6) is 5.75 Å². The molecule has 7 nitrogen and oxygen atoms in total. The maximum atomic E-state index is 12.8. The van der Waals surface area contributed by atoms with Gasteiger partial charge in [0.1, 0.15) is 10.6 Å². The molecule has 8 heteroatoms. The molecule has 0 saturated heterocycles. The van der Waals surface area contributed by atoms with Gasteiger partial charge in [0.2, 0.25) is 0 Å². The van der Waals surface area contributed by atoms with Gasteiger partial charge < -0.3 is 14.8 Å². The van der Waals surface area contributed by atoms with Crippen molar-refractivity contribution in [3.8, 4) is 5.75 Å². The highest BCUT2D eigenvalue weighted by atomic mass is 32.1. The maximum absolute atomic E-state index is 12.8. The summed E-state index contributed by atoms with van der Waals surface area (Å²) >= 11 is 1.22. The summed E-state index contributed by atoms with van der Waals surface area (Å²) in [5.74, 6) is 0.454. The van der Waals surface area contributed by atoms with Crippen molar-refractivity contribution in [3.05, 3.63) is 51.4 Å². The average Bonchev–Trinajstić information content (AvgIpc) is 3.02. The Labute approximate surface area is 160 Å². The highest BCUT2D eigenvalue weighted by molar-refractivity contribution is 7.20. The van der Waals surface area contributed by atoms with Gasteiger partial charge in [0.15, 0.2) is 0 Å². The number of nitrogens with zero attached hydrogens (tertiary/aromatic N) is 2. The number of benzene rings is 1. The van der Waals surface area contributed by atoms with E-state index in [2.05, 4.69) is 10.3 Å². The van der Waals surface area contributed by atoms with Crippen LogP contribution in [0.1, 0.15) is 21.7 Å². The van der Waals surface area contributed by atoms with E-state index in [9.17, 15) is 9.59 Å². The third-order valence-corrected chi connectivity index (χ3v) is 5.42. The molecule has 0 aliphatic rings. The molecule has 0 aliphatic heterocycles. The molecule has 1 N–H and O–H groups in total. The van der Waals surface area contributed by atoms with Crippen LogP contribution in [-0.4, -0.2) is 36.3 Å². The molecule has 0 bridgehead atoms. The normalized spacial score (nSPS) is 10.9. The number of aryl methyl sites for hydroxylation is 2. The number of hydrogen-bond donors (Lipinski definition) is 1. The SMILES string of the molecule is COCCCn1cnc2sc(C(=O)Nc3ccc(OC)cc3)c(C)c2c1=O. The maximum Gasteiger partial charge on any atom is 0.266 e. The zero-order valence-electron chi connectivity index (χ0n) is 15.4. The van der Waals surface area contributed by atoms with Gasteiger partial charge in [0, 0.05) is 25.9 Å². The largest absolute Gasteiger partial charge is 0.497 e. The first kappa shape index (κ1) is 19.1. The number of rotatable bonds is 7. The topological polar surface area (TPSA) is 82.5 Å². The monoisotopic (exact) mass is 387 g/mol. The van der Waals surface area contributed by atoms with E-state index in [1.165, 1.54) is 17.7 Å². The lowest BCUT2D eigenvalue weighted by Crippen LogP contribution is -2.21. The Morgan fingerprint density at radius 3 is 2.67 bits per heavy atom. The average molecular weight is 387 g/mol. The number of ether oxygens (including phenoxy) is 2. The third kappa shape index (κ3) is 4.01. The van der Waals surface area contributed by atoms with Crippen molar-refractivity contribution in [2.24, 2.45) is 0 Å². The molecule has 0 spiro atoms. The van der Waals surface area contributed by atoms with E-state index in [0.717, 1.165) is 6.42 Å². The van der Waals surface area contributed by atoms with Crippen molar-refractivity contribution in [2.75, 3.05) is 26.1 Å². The van der Waals surface area contributed by atoms with E-state index in [-0.39, 0.29) is 11.5 Å². The summed E-state index contributed by atoms with van der Waals surface area (Å²) in [5, 5.41) is 3.35. The number of aromatic nitrogens is 2. The van der Waals surface area contributed by atoms with Crippen molar-refractivity contribution in [1.82, 2.24) is 9.55 Å². The van der Waals surface area contributed by atoms with E-state index in [4.69, 9.17) is 9.47 Å². The minimum atomic E-state index is -0.258. The van der Waals surface area contributed by atoms with Gasteiger partial charge in [-0.1, -0.05) is 0 Å². The number of thiophene rings is 1.